The minimum atomic E-state index is 0.281. The Morgan fingerprint density at radius 1 is 0.793 bits per heavy atom. The van der Waals surface area contributed by atoms with Crippen LogP contribution >= 0.6 is 0 Å². The van der Waals surface area contributed by atoms with Gasteiger partial charge in [-0.15, -0.1) is 0 Å². The predicted octanol–water partition coefficient (Wildman–Crippen LogP) is 1.47. The van der Waals surface area contributed by atoms with Crippen molar-refractivity contribution in [2.75, 3.05) is 33.3 Å². The molecule has 1 aliphatic heterocycles. The summed E-state index contributed by atoms with van der Waals surface area (Å²) in [5.41, 5.74) is 3.72. The summed E-state index contributed by atoms with van der Waals surface area (Å²) in [6.07, 6.45) is 0. The fraction of sp³-hybridized carbons (Fsp3) is 0.280. The van der Waals surface area contributed by atoms with Crippen LogP contribution in [0.1, 0.15) is 22.7 Å². The van der Waals surface area contributed by atoms with Gasteiger partial charge in [-0.05, 0) is 12.1 Å². The van der Waals surface area contributed by atoms with Crippen molar-refractivity contribution in [3.63, 3.8) is 0 Å². The summed E-state index contributed by atoms with van der Waals surface area (Å²) in [6, 6.07) is 27.8. The summed E-state index contributed by atoms with van der Waals surface area (Å²) in [6.45, 7) is 5.21. The number of aromatic hydroxyl groups is 1. The van der Waals surface area contributed by atoms with E-state index in [1.54, 1.807) is 18.1 Å². The SMILES string of the molecule is COc1cccc(C[NH+]2CC[NH+](C(c3ccccc3)c3ccccc3)CC2)c1O. The number of hydrogen-bond donors (Lipinski definition) is 3. The van der Waals surface area contributed by atoms with Gasteiger partial charge in [0.25, 0.3) is 0 Å². The van der Waals surface area contributed by atoms with Crippen LogP contribution in [-0.2, 0) is 6.54 Å². The monoisotopic (exact) mass is 390 g/mol. The molecular weight excluding hydrogens is 360 g/mol. The Labute approximate surface area is 173 Å². The Bertz CT molecular complexity index is 867. The number of rotatable bonds is 6. The lowest BCUT2D eigenvalue weighted by atomic mass is 9.96. The van der Waals surface area contributed by atoms with Crippen LogP contribution in [0.3, 0.4) is 0 Å². The van der Waals surface area contributed by atoms with Crippen molar-refractivity contribution >= 4 is 0 Å². The lowest BCUT2D eigenvalue weighted by Crippen LogP contribution is -3.27. The number of quaternary nitrogens is 2. The van der Waals surface area contributed by atoms with Gasteiger partial charge in [-0.2, -0.15) is 0 Å². The quantitative estimate of drug-likeness (QED) is 0.597. The molecule has 0 amide bonds. The fourth-order valence-corrected chi connectivity index (χ4v) is 4.49. The van der Waals surface area contributed by atoms with E-state index >= 15 is 0 Å². The van der Waals surface area contributed by atoms with Crippen molar-refractivity contribution in [3.05, 3.63) is 95.6 Å². The van der Waals surface area contributed by atoms with E-state index in [-0.39, 0.29) is 5.75 Å². The Morgan fingerprint density at radius 3 is 1.93 bits per heavy atom. The maximum atomic E-state index is 10.4. The molecule has 4 nitrogen and oxygen atoms in total. The van der Waals surface area contributed by atoms with Crippen LogP contribution in [-0.4, -0.2) is 38.4 Å². The molecule has 4 heteroatoms. The Hall–Kier alpha value is -2.82. The van der Waals surface area contributed by atoms with Crippen molar-refractivity contribution in [1.29, 1.82) is 0 Å². The third-order valence-corrected chi connectivity index (χ3v) is 6.02. The molecular formula is C25H30N2O2+2. The highest BCUT2D eigenvalue weighted by molar-refractivity contribution is 5.44. The summed E-state index contributed by atoms with van der Waals surface area (Å²) in [5.74, 6) is 0.836. The molecule has 29 heavy (non-hydrogen) atoms. The number of piperazine rings is 1. The highest BCUT2D eigenvalue weighted by Gasteiger charge is 2.32. The molecule has 3 aromatic rings. The second-order valence-electron chi connectivity index (χ2n) is 7.81. The molecule has 0 bridgehead atoms. The smallest absolute Gasteiger partial charge is 0.166 e. The second kappa shape index (κ2) is 9.12. The van der Waals surface area contributed by atoms with Crippen molar-refractivity contribution in [2.45, 2.75) is 12.6 Å². The summed E-state index contributed by atoms with van der Waals surface area (Å²) in [7, 11) is 1.60. The van der Waals surface area contributed by atoms with E-state index in [0.29, 0.717) is 11.8 Å². The van der Waals surface area contributed by atoms with E-state index < -0.39 is 0 Å². The van der Waals surface area contributed by atoms with E-state index in [4.69, 9.17) is 4.74 Å². The third-order valence-electron chi connectivity index (χ3n) is 6.02. The van der Waals surface area contributed by atoms with E-state index in [9.17, 15) is 5.11 Å². The molecule has 3 aromatic carbocycles. The average molecular weight is 391 g/mol. The molecule has 150 valence electrons. The standard InChI is InChI=1S/C25H28N2O2/c1-29-23-14-8-13-22(25(23)28)19-26-15-17-27(18-16-26)24(20-9-4-2-5-10-20)21-11-6-3-7-12-21/h2-14,24,28H,15-19H2,1H3/p+2. The lowest BCUT2D eigenvalue weighted by molar-refractivity contribution is -1.03. The van der Waals surface area contributed by atoms with Crippen LogP contribution < -0.4 is 14.5 Å². The molecule has 0 radical (unpaired) electrons. The molecule has 1 heterocycles. The highest BCUT2D eigenvalue weighted by Crippen LogP contribution is 2.28. The number of para-hydroxylation sites is 1. The van der Waals surface area contributed by atoms with E-state index in [1.807, 2.05) is 12.1 Å². The molecule has 4 rings (SSSR count). The summed E-state index contributed by atoms with van der Waals surface area (Å²) >= 11 is 0. The fourth-order valence-electron chi connectivity index (χ4n) is 4.49. The van der Waals surface area contributed by atoms with Crippen LogP contribution in [0, 0.1) is 0 Å². The minimum Gasteiger partial charge on any atom is -0.504 e. The van der Waals surface area contributed by atoms with Gasteiger partial charge in [-0.1, -0.05) is 66.7 Å². The van der Waals surface area contributed by atoms with Gasteiger partial charge in [0.15, 0.2) is 11.5 Å². The molecule has 0 spiro atoms. The molecule has 0 unspecified atom stereocenters. The average Bonchev–Trinajstić information content (AvgIpc) is 2.78. The summed E-state index contributed by atoms with van der Waals surface area (Å²) in [5, 5.41) is 10.4. The minimum absolute atomic E-state index is 0.281. The molecule has 0 aromatic heterocycles. The lowest BCUT2D eigenvalue weighted by Gasteiger charge is -2.35. The number of hydrogen-bond acceptors (Lipinski definition) is 2. The van der Waals surface area contributed by atoms with Crippen LogP contribution in [0.4, 0.5) is 0 Å². The van der Waals surface area contributed by atoms with Gasteiger partial charge in [0.05, 0.1) is 12.7 Å². The molecule has 1 saturated heterocycles. The van der Waals surface area contributed by atoms with Gasteiger partial charge in [0.2, 0.25) is 0 Å². The largest absolute Gasteiger partial charge is 0.504 e. The van der Waals surface area contributed by atoms with E-state index in [0.717, 1.165) is 38.3 Å². The first kappa shape index (κ1) is 19.5. The Balaban J connectivity index is 1.47. The van der Waals surface area contributed by atoms with Crippen molar-refractivity contribution < 1.29 is 19.6 Å². The van der Waals surface area contributed by atoms with Gasteiger partial charge >= 0.3 is 0 Å². The van der Waals surface area contributed by atoms with Gasteiger partial charge in [-0.3, -0.25) is 0 Å². The number of benzene rings is 3. The zero-order chi connectivity index (χ0) is 20.1. The highest BCUT2D eigenvalue weighted by atomic mass is 16.5. The molecule has 1 fully saturated rings. The molecule has 1 aliphatic rings. The number of nitrogens with one attached hydrogen (secondary N) is 2. The van der Waals surface area contributed by atoms with Crippen molar-refractivity contribution in [1.82, 2.24) is 0 Å². The molecule has 0 atom stereocenters. The number of methoxy groups -OCH3 is 1. The Morgan fingerprint density at radius 2 is 1.38 bits per heavy atom. The van der Waals surface area contributed by atoms with Gasteiger partial charge in [0.1, 0.15) is 38.8 Å². The topological polar surface area (TPSA) is 38.3 Å². The Kier molecular flexibility index (Phi) is 6.13. The van der Waals surface area contributed by atoms with Crippen molar-refractivity contribution in [2.24, 2.45) is 0 Å². The number of phenolic OH excluding ortho intramolecular Hbond substituents is 1. The van der Waals surface area contributed by atoms with Crippen LogP contribution in [0.25, 0.3) is 0 Å². The third kappa shape index (κ3) is 4.44. The zero-order valence-corrected chi connectivity index (χ0v) is 17.0. The van der Waals surface area contributed by atoms with Crippen molar-refractivity contribution in [3.8, 4) is 11.5 Å². The molecule has 3 N–H and O–H groups in total. The van der Waals surface area contributed by atoms with E-state index in [2.05, 4.69) is 60.7 Å². The van der Waals surface area contributed by atoms with Crippen LogP contribution in [0.2, 0.25) is 0 Å². The molecule has 0 saturated carbocycles. The normalized spacial score (nSPS) is 19.2. The second-order valence-corrected chi connectivity index (χ2v) is 7.81. The van der Waals surface area contributed by atoms with Crippen LogP contribution in [0.5, 0.6) is 11.5 Å². The first-order chi connectivity index (χ1) is 14.3. The molecule has 0 aliphatic carbocycles. The number of ether oxygens (including phenoxy) is 1. The first-order valence-electron chi connectivity index (χ1n) is 10.4. The maximum Gasteiger partial charge on any atom is 0.166 e. The predicted molar refractivity (Wildman–Crippen MR) is 114 cm³/mol. The van der Waals surface area contributed by atoms with E-state index in [1.165, 1.54) is 16.0 Å². The summed E-state index contributed by atoms with van der Waals surface area (Å²) in [4.78, 5) is 3.12. The number of phenols is 1. The zero-order valence-electron chi connectivity index (χ0n) is 17.0. The maximum absolute atomic E-state index is 10.4. The summed E-state index contributed by atoms with van der Waals surface area (Å²) < 4.78 is 5.26. The van der Waals surface area contributed by atoms with Gasteiger partial charge < -0.3 is 19.6 Å². The van der Waals surface area contributed by atoms with Gasteiger partial charge in [-0.25, -0.2) is 0 Å². The van der Waals surface area contributed by atoms with Crippen LogP contribution in [0.15, 0.2) is 78.9 Å². The van der Waals surface area contributed by atoms with Gasteiger partial charge in [0, 0.05) is 11.1 Å². The first-order valence-corrected chi connectivity index (χ1v) is 10.4.